The maximum absolute atomic E-state index is 11.5. The second kappa shape index (κ2) is 6.30. The smallest absolute Gasteiger partial charge is 0.379 e. The van der Waals surface area contributed by atoms with E-state index in [0.717, 1.165) is 25.9 Å². The van der Waals surface area contributed by atoms with Crippen LogP contribution in [-0.2, 0) is 9.47 Å². The van der Waals surface area contributed by atoms with E-state index >= 15 is 0 Å². The molecule has 0 aromatic rings. The topological polar surface area (TPSA) is 30.5 Å². The predicted molar refractivity (Wildman–Crippen MR) is 48.4 cm³/mol. The van der Waals surface area contributed by atoms with Crippen LogP contribution in [0.1, 0.15) is 12.8 Å². The van der Waals surface area contributed by atoms with E-state index in [2.05, 4.69) is 10.1 Å². The number of nitrogens with one attached hydrogen (secondary N) is 1. The summed E-state index contributed by atoms with van der Waals surface area (Å²) in [5.41, 5.74) is 0. The molecule has 1 saturated heterocycles. The van der Waals surface area contributed by atoms with Crippen LogP contribution < -0.4 is 5.32 Å². The molecule has 1 aliphatic heterocycles. The highest BCUT2D eigenvalue weighted by Gasteiger charge is 2.28. The van der Waals surface area contributed by atoms with Crippen LogP contribution in [0.15, 0.2) is 0 Å². The van der Waals surface area contributed by atoms with Crippen LogP contribution in [0.3, 0.4) is 0 Å². The van der Waals surface area contributed by atoms with E-state index in [9.17, 15) is 13.2 Å². The second-order valence-corrected chi connectivity index (χ2v) is 3.55. The summed E-state index contributed by atoms with van der Waals surface area (Å²) in [6.07, 6.45) is -2.51. The first-order chi connectivity index (χ1) is 7.08. The molecule has 0 bridgehead atoms. The van der Waals surface area contributed by atoms with Gasteiger partial charge in [-0.25, -0.2) is 0 Å². The summed E-state index contributed by atoms with van der Waals surface area (Å²) >= 11 is 0. The third kappa shape index (κ3) is 6.70. The molecule has 15 heavy (non-hydrogen) atoms. The fraction of sp³-hybridized carbons (Fsp3) is 1.00. The van der Waals surface area contributed by atoms with Gasteiger partial charge < -0.3 is 10.1 Å². The van der Waals surface area contributed by atoms with Gasteiger partial charge in [-0.05, 0) is 31.8 Å². The maximum atomic E-state index is 11.5. The fourth-order valence-corrected chi connectivity index (χ4v) is 1.53. The first-order valence-electron chi connectivity index (χ1n) is 5.07. The van der Waals surface area contributed by atoms with Crippen molar-refractivity contribution < 1.29 is 22.6 Å². The molecule has 0 spiro atoms. The zero-order chi connectivity index (χ0) is 11.1. The average molecular weight is 227 g/mol. The highest BCUT2D eigenvalue weighted by Crippen LogP contribution is 2.15. The minimum atomic E-state index is -4.54. The van der Waals surface area contributed by atoms with E-state index in [0.29, 0.717) is 12.5 Å². The van der Waals surface area contributed by atoms with Crippen molar-refractivity contribution >= 4 is 0 Å². The van der Waals surface area contributed by atoms with Crippen molar-refractivity contribution in [2.75, 3.05) is 32.9 Å². The van der Waals surface area contributed by atoms with Gasteiger partial charge in [0.1, 0.15) is 0 Å². The van der Waals surface area contributed by atoms with Gasteiger partial charge in [-0.1, -0.05) is 0 Å². The minimum Gasteiger partial charge on any atom is -0.379 e. The number of halogens is 3. The summed E-state index contributed by atoms with van der Waals surface area (Å²) in [7, 11) is 0. The lowest BCUT2D eigenvalue weighted by Gasteiger charge is -2.10. The molecule has 0 aromatic carbocycles. The molecule has 1 unspecified atom stereocenters. The van der Waals surface area contributed by atoms with Crippen molar-refractivity contribution in [1.29, 1.82) is 0 Å². The van der Waals surface area contributed by atoms with E-state index in [1.165, 1.54) is 0 Å². The van der Waals surface area contributed by atoms with Gasteiger partial charge in [0.15, 0.2) is 0 Å². The standard InChI is InChI=1S/C9H16F3NO2/c10-9(11,12)15-6-5-14-4-2-8-1-3-13-7-8/h8,13H,1-7H2. The molecule has 1 N–H and O–H groups in total. The molecular formula is C9H16F3NO2. The molecule has 3 nitrogen and oxygen atoms in total. The van der Waals surface area contributed by atoms with E-state index < -0.39 is 13.0 Å². The van der Waals surface area contributed by atoms with Crippen LogP contribution in [-0.4, -0.2) is 39.3 Å². The van der Waals surface area contributed by atoms with E-state index in [1.54, 1.807) is 0 Å². The molecule has 1 aliphatic rings. The Morgan fingerprint density at radius 3 is 2.60 bits per heavy atom. The third-order valence-electron chi connectivity index (χ3n) is 2.33. The van der Waals surface area contributed by atoms with Crippen LogP contribution in [0.25, 0.3) is 0 Å². The van der Waals surface area contributed by atoms with Crippen molar-refractivity contribution in [2.24, 2.45) is 5.92 Å². The molecule has 1 heterocycles. The highest BCUT2D eigenvalue weighted by atomic mass is 19.4. The summed E-state index contributed by atoms with van der Waals surface area (Å²) in [5, 5.41) is 3.22. The molecule has 1 rings (SSSR count). The summed E-state index contributed by atoms with van der Waals surface area (Å²) in [5.74, 6) is 0.605. The second-order valence-electron chi connectivity index (χ2n) is 3.55. The van der Waals surface area contributed by atoms with Crippen molar-refractivity contribution in [3.05, 3.63) is 0 Å². The molecule has 0 aliphatic carbocycles. The van der Waals surface area contributed by atoms with E-state index in [4.69, 9.17) is 4.74 Å². The average Bonchev–Trinajstić information content (AvgIpc) is 2.61. The van der Waals surface area contributed by atoms with Crippen LogP contribution in [0.2, 0.25) is 0 Å². The quantitative estimate of drug-likeness (QED) is 0.698. The monoisotopic (exact) mass is 227 g/mol. The molecule has 6 heteroatoms. The molecule has 90 valence electrons. The normalized spacial score (nSPS) is 22.2. The summed E-state index contributed by atoms with van der Waals surface area (Å²) in [6, 6.07) is 0. The number of hydrogen-bond acceptors (Lipinski definition) is 3. The third-order valence-corrected chi connectivity index (χ3v) is 2.33. The van der Waals surface area contributed by atoms with Gasteiger partial charge in [0.25, 0.3) is 0 Å². The summed E-state index contributed by atoms with van der Waals surface area (Å²) in [4.78, 5) is 0. The van der Waals surface area contributed by atoms with Gasteiger partial charge in [-0.2, -0.15) is 0 Å². The Kier molecular flexibility index (Phi) is 5.35. The highest BCUT2D eigenvalue weighted by molar-refractivity contribution is 4.70. The number of alkyl halides is 3. The lowest BCUT2D eigenvalue weighted by molar-refractivity contribution is -0.327. The Labute approximate surface area is 86.9 Å². The zero-order valence-corrected chi connectivity index (χ0v) is 8.48. The Hall–Kier alpha value is -0.330. The molecule has 0 aromatic heterocycles. The minimum absolute atomic E-state index is 0.000339. The van der Waals surface area contributed by atoms with Crippen LogP contribution in [0, 0.1) is 5.92 Å². The predicted octanol–water partition coefficient (Wildman–Crippen LogP) is 1.54. The van der Waals surface area contributed by atoms with Gasteiger partial charge in [-0.3, -0.25) is 4.74 Å². The first kappa shape index (κ1) is 12.7. The van der Waals surface area contributed by atoms with Gasteiger partial charge in [-0.15, -0.1) is 13.2 Å². The number of rotatable bonds is 6. The van der Waals surface area contributed by atoms with Gasteiger partial charge in [0, 0.05) is 6.61 Å². The molecule has 1 fully saturated rings. The van der Waals surface area contributed by atoms with Crippen LogP contribution in [0.5, 0.6) is 0 Å². The van der Waals surface area contributed by atoms with Crippen molar-refractivity contribution in [3.8, 4) is 0 Å². The van der Waals surface area contributed by atoms with Crippen molar-refractivity contribution in [3.63, 3.8) is 0 Å². The van der Waals surface area contributed by atoms with Crippen LogP contribution >= 0.6 is 0 Å². The SMILES string of the molecule is FC(F)(F)OCCOCCC1CCNC1. The van der Waals surface area contributed by atoms with Crippen molar-refractivity contribution in [2.45, 2.75) is 19.2 Å². The van der Waals surface area contributed by atoms with E-state index in [-0.39, 0.29) is 6.61 Å². The number of hydrogen-bond donors (Lipinski definition) is 1. The summed E-state index contributed by atoms with van der Waals surface area (Å²) in [6.45, 7) is 2.10. The Morgan fingerprint density at radius 2 is 2.00 bits per heavy atom. The zero-order valence-electron chi connectivity index (χ0n) is 8.48. The maximum Gasteiger partial charge on any atom is 0.522 e. The fourth-order valence-electron chi connectivity index (χ4n) is 1.53. The molecule has 1 atom stereocenters. The van der Waals surface area contributed by atoms with Crippen molar-refractivity contribution in [1.82, 2.24) is 5.32 Å². The Balaban J connectivity index is 1.84. The van der Waals surface area contributed by atoms with Gasteiger partial charge in [0.05, 0.1) is 13.2 Å². The lowest BCUT2D eigenvalue weighted by Crippen LogP contribution is -2.18. The van der Waals surface area contributed by atoms with Gasteiger partial charge in [0.2, 0.25) is 0 Å². The van der Waals surface area contributed by atoms with Gasteiger partial charge >= 0.3 is 6.36 Å². The lowest BCUT2D eigenvalue weighted by atomic mass is 10.1. The summed E-state index contributed by atoms with van der Waals surface area (Å²) < 4.78 is 43.2. The largest absolute Gasteiger partial charge is 0.522 e. The number of ether oxygens (including phenoxy) is 2. The van der Waals surface area contributed by atoms with E-state index in [1.807, 2.05) is 0 Å². The van der Waals surface area contributed by atoms with Crippen LogP contribution in [0.4, 0.5) is 13.2 Å². The molecule has 0 amide bonds. The Bertz CT molecular complexity index is 169. The molecule has 0 saturated carbocycles. The Morgan fingerprint density at radius 1 is 1.20 bits per heavy atom. The molecular weight excluding hydrogens is 211 g/mol. The first-order valence-corrected chi connectivity index (χ1v) is 5.07. The molecule has 0 radical (unpaired) electrons.